The predicted molar refractivity (Wildman–Crippen MR) is 84.4 cm³/mol. The molecule has 1 aliphatic rings. The Kier molecular flexibility index (Phi) is 5.06. The van der Waals surface area contributed by atoms with Gasteiger partial charge in [-0.3, -0.25) is 4.79 Å². The molecule has 1 saturated heterocycles. The van der Waals surface area contributed by atoms with Crippen molar-refractivity contribution in [3.05, 3.63) is 28.2 Å². The number of nitrogens with zero attached hydrogens (tertiary/aromatic N) is 1. The quantitative estimate of drug-likeness (QED) is 0.877. The third-order valence-electron chi connectivity index (χ3n) is 3.72. The molecule has 5 nitrogen and oxygen atoms in total. The highest BCUT2D eigenvalue weighted by molar-refractivity contribution is 9.10. The predicted octanol–water partition coefficient (Wildman–Crippen LogP) is 2.36. The van der Waals surface area contributed by atoms with Crippen molar-refractivity contribution >= 4 is 31.9 Å². The van der Waals surface area contributed by atoms with Crippen molar-refractivity contribution in [2.24, 2.45) is 11.1 Å². The van der Waals surface area contributed by atoms with Crippen LogP contribution in [0.1, 0.15) is 36.5 Å². The number of nitrogens with two attached hydrogens (primary N) is 1. The van der Waals surface area contributed by atoms with Crippen molar-refractivity contribution in [3.63, 3.8) is 0 Å². The number of carbonyl (C=O) groups is 1. The first-order valence-electron chi connectivity index (χ1n) is 6.94. The molecule has 1 aliphatic heterocycles. The first kappa shape index (κ1) is 16.5. The van der Waals surface area contributed by atoms with E-state index < -0.39 is 10.0 Å². The third-order valence-corrected chi connectivity index (χ3v) is 5.07. The van der Waals surface area contributed by atoms with Gasteiger partial charge in [0.2, 0.25) is 10.0 Å². The molecule has 1 fully saturated rings. The van der Waals surface area contributed by atoms with Gasteiger partial charge < -0.3 is 4.90 Å². The zero-order chi connectivity index (χ0) is 15.6. The number of hydrogen-bond donors (Lipinski definition) is 1. The second-order valence-corrected chi connectivity index (χ2v) is 7.89. The van der Waals surface area contributed by atoms with E-state index in [0.717, 1.165) is 32.4 Å². The van der Waals surface area contributed by atoms with Crippen molar-refractivity contribution < 1.29 is 13.2 Å². The normalized spacial score (nSPS) is 19.0. The summed E-state index contributed by atoms with van der Waals surface area (Å²) in [6.07, 6.45) is 3.24. The molecule has 1 aromatic rings. The molecule has 0 spiro atoms. The third kappa shape index (κ3) is 4.05. The number of carbonyl (C=O) groups excluding carboxylic acids is 1. The van der Waals surface area contributed by atoms with Gasteiger partial charge in [0.25, 0.3) is 5.91 Å². The minimum atomic E-state index is -3.82. The van der Waals surface area contributed by atoms with Gasteiger partial charge in [0, 0.05) is 23.1 Å². The molecule has 0 aliphatic carbocycles. The van der Waals surface area contributed by atoms with E-state index in [-0.39, 0.29) is 10.8 Å². The van der Waals surface area contributed by atoms with Gasteiger partial charge in [-0.05, 0) is 37.0 Å². The number of benzene rings is 1. The Morgan fingerprint density at radius 1 is 1.43 bits per heavy atom. The molecule has 0 aromatic heterocycles. The van der Waals surface area contributed by atoms with Crippen molar-refractivity contribution in [3.8, 4) is 0 Å². The summed E-state index contributed by atoms with van der Waals surface area (Å²) in [5.74, 6) is 0.406. The van der Waals surface area contributed by atoms with Gasteiger partial charge in [0.05, 0.1) is 4.90 Å². The number of amides is 1. The lowest BCUT2D eigenvalue weighted by Crippen LogP contribution is -2.29. The lowest BCUT2D eigenvalue weighted by Gasteiger charge is -2.17. The van der Waals surface area contributed by atoms with E-state index in [1.54, 1.807) is 11.0 Å². The molecule has 116 valence electrons. The SMILES string of the molecule is CCCC1CCN(C(=O)c2cc(Br)cc(S(N)(=O)=O)c2)C1. The van der Waals surface area contributed by atoms with E-state index >= 15 is 0 Å². The number of rotatable bonds is 4. The topological polar surface area (TPSA) is 80.5 Å². The van der Waals surface area contributed by atoms with Gasteiger partial charge in [-0.15, -0.1) is 0 Å². The summed E-state index contributed by atoms with van der Waals surface area (Å²) in [6, 6.07) is 4.37. The van der Waals surface area contributed by atoms with E-state index in [0.29, 0.717) is 16.0 Å². The highest BCUT2D eigenvalue weighted by atomic mass is 79.9. The van der Waals surface area contributed by atoms with Gasteiger partial charge in [-0.2, -0.15) is 0 Å². The Labute approximate surface area is 133 Å². The molecule has 7 heteroatoms. The summed E-state index contributed by atoms with van der Waals surface area (Å²) in [5, 5.41) is 5.14. The van der Waals surface area contributed by atoms with Crippen LogP contribution in [-0.2, 0) is 10.0 Å². The van der Waals surface area contributed by atoms with Gasteiger partial charge >= 0.3 is 0 Å². The molecule has 2 N–H and O–H groups in total. The second-order valence-electron chi connectivity index (χ2n) is 5.42. The van der Waals surface area contributed by atoms with Crippen molar-refractivity contribution in [2.45, 2.75) is 31.1 Å². The Morgan fingerprint density at radius 3 is 2.76 bits per heavy atom. The smallest absolute Gasteiger partial charge is 0.253 e. The Hall–Kier alpha value is -0.920. The highest BCUT2D eigenvalue weighted by Crippen LogP contribution is 2.25. The monoisotopic (exact) mass is 374 g/mol. The summed E-state index contributed by atoms with van der Waals surface area (Å²) in [4.78, 5) is 14.2. The molecule has 0 radical (unpaired) electrons. The fourth-order valence-electron chi connectivity index (χ4n) is 2.69. The molecule has 1 atom stereocenters. The lowest BCUT2D eigenvalue weighted by molar-refractivity contribution is 0.0786. The number of hydrogen-bond acceptors (Lipinski definition) is 3. The molecule has 1 aromatic carbocycles. The molecule has 0 bridgehead atoms. The van der Waals surface area contributed by atoms with Crippen LogP contribution in [0.15, 0.2) is 27.6 Å². The van der Waals surface area contributed by atoms with E-state index in [2.05, 4.69) is 22.9 Å². The van der Waals surface area contributed by atoms with Crippen LogP contribution in [0.5, 0.6) is 0 Å². The average Bonchev–Trinajstić information content (AvgIpc) is 2.85. The Balaban J connectivity index is 2.22. The van der Waals surface area contributed by atoms with Crippen molar-refractivity contribution in [1.82, 2.24) is 4.90 Å². The van der Waals surface area contributed by atoms with Crippen molar-refractivity contribution in [2.75, 3.05) is 13.1 Å². The van der Waals surface area contributed by atoms with Crippen LogP contribution in [0, 0.1) is 5.92 Å². The highest BCUT2D eigenvalue weighted by Gasteiger charge is 2.27. The number of likely N-dealkylation sites (tertiary alicyclic amines) is 1. The van der Waals surface area contributed by atoms with Crippen LogP contribution in [0.25, 0.3) is 0 Å². The Morgan fingerprint density at radius 2 is 2.14 bits per heavy atom. The largest absolute Gasteiger partial charge is 0.338 e. The first-order valence-corrected chi connectivity index (χ1v) is 9.28. The minimum absolute atomic E-state index is 0.0514. The molecular formula is C14H19BrN2O3S. The van der Waals surface area contributed by atoms with E-state index in [4.69, 9.17) is 5.14 Å². The van der Waals surface area contributed by atoms with Crippen LogP contribution in [0.2, 0.25) is 0 Å². The van der Waals surface area contributed by atoms with Crippen LogP contribution >= 0.6 is 15.9 Å². The zero-order valence-corrected chi connectivity index (χ0v) is 14.3. The maximum Gasteiger partial charge on any atom is 0.253 e. The zero-order valence-electron chi connectivity index (χ0n) is 11.9. The van der Waals surface area contributed by atoms with Crippen LogP contribution in [0.3, 0.4) is 0 Å². The van der Waals surface area contributed by atoms with Gasteiger partial charge in [-0.1, -0.05) is 29.3 Å². The van der Waals surface area contributed by atoms with Crippen LogP contribution in [-0.4, -0.2) is 32.3 Å². The van der Waals surface area contributed by atoms with E-state index in [9.17, 15) is 13.2 Å². The van der Waals surface area contributed by atoms with Gasteiger partial charge in [0.1, 0.15) is 0 Å². The fraction of sp³-hybridized carbons (Fsp3) is 0.500. The van der Waals surface area contributed by atoms with Crippen LogP contribution < -0.4 is 5.14 Å². The summed E-state index contributed by atoms with van der Waals surface area (Å²) in [7, 11) is -3.82. The molecule has 0 saturated carbocycles. The second kappa shape index (κ2) is 6.46. The summed E-state index contributed by atoms with van der Waals surface area (Å²) in [6.45, 7) is 3.60. The molecule has 1 amide bonds. The standard InChI is InChI=1S/C14H19BrN2O3S/c1-2-3-10-4-5-17(9-10)14(18)11-6-12(15)8-13(7-11)21(16,19)20/h6-8,10H,2-5,9H2,1H3,(H2,16,19,20). The lowest BCUT2D eigenvalue weighted by atomic mass is 10.0. The van der Waals surface area contributed by atoms with Crippen LogP contribution in [0.4, 0.5) is 0 Å². The number of sulfonamides is 1. The van der Waals surface area contributed by atoms with Gasteiger partial charge in [-0.25, -0.2) is 13.6 Å². The number of halogens is 1. The maximum absolute atomic E-state index is 12.5. The average molecular weight is 375 g/mol. The molecule has 1 heterocycles. The van der Waals surface area contributed by atoms with E-state index in [1.165, 1.54) is 12.1 Å². The molecular weight excluding hydrogens is 356 g/mol. The summed E-state index contributed by atoms with van der Waals surface area (Å²) < 4.78 is 23.4. The molecule has 1 unspecified atom stereocenters. The minimum Gasteiger partial charge on any atom is -0.338 e. The number of primary sulfonamides is 1. The summed E-state index contributed by atoms with van der Waals surface area (Å²) >= 11 is 3.23. The summed E-state index contributed by atoms with van der Waals surface area (Å²) in [5.41, 5.74) is 0.352. The van der Waals surface area contributed by atoms with Gasteiger partial charge in [0.15, 0.2) is 0 Å². The molecule has 21 heavy (non-hydrogen) atoms. The first-order chi connectivity index (χ1) is 9.81. The van der Waals surface area contributed by atoms with Crippen molar-refractivity contribution in [1.29, 1.82) is 0 Å². The fourth-order valence-corrected chi connectivity index (χ4v) is 3.92. The van der Waals surface area contributed by atoms with E-state index in [1.807, 2.05) is 0 Å². The molecule has 2 rings (SSSR count). The Bertz CT molecular complexity index is 646. The maximum atomic E-state index is 12.5.